The van der Waals surface area contributed by atoms with Crippen LogP contribution in [0, 0.1) is 0 Å². The van der Waals surface area contributed by atoms with Crippen molar-refractivity contribution in [2.45, 2.75) is 6.54 Å². The Morgan fingerprint density at radius 3 is 2.41 bits per heavy atom. The Kier molecular flexibility index (Phi) is 3.01. The zero-order chi connectivity index (χ0) is 14.9. The second-order valence-electron chi connectivity index (χ2n) is 5.48. The van der Waals surface area contributed by atoms with Crippen LogP contribution in [-0.2, 0) is 6.54 Å². The fourth-order valence-corrected chi connectivity index (χ4v) is 2.97. The average Bonchev–Trinajstić information content (AvgIpc) is 2.58. The summed E-state index contributed by atoms with van der Waals surface area (Å²) in [7, 11) is 0. The van der Waals surface area contributed by atoms with E-state index < -0.39 is 0 Å². The molecule has 0 unspecified atom stereocenters. The number of rotatable bonds is 3. The monoisotopic (exact) mass is 285 g/mol. The van der Waals surface area contributed by atoms with Crippen molar-refractivity contribution in [3.63, 3.8) is 0 Å². The summed E-state index contributed by atoms with van der Waals surface area (Å²) in [6, 6.07) is 22.1. The number of nitrogens with one attached hydrogen (secondary N) is 1. The van der Waals surface area contributed by atoms with Gasteiger partial charge in [-0.25, -0.2) is 0 Å². The maximum absolute atomic E-state index is 12.7. The van der Waals surface area contributed by atoms with E-state index >= 15 is 0 Å². The van der Waals surface area contributed by atoms with Crippen LogP contribution in [0.25, 0.3) is 16.8 Å². The lowest BCUT2D eigenvalue weighted by Crippen LogP contribution is -2.22. The van der Waals surface area contributed by atoms with Gasteiger partial charge in [0.2, 0.25) is 5.78 Å². The number of allylic oxidation sites excluding steroid dienone is 1. The lowest BCUT2D eigenvalue weighted by Gasteiger charge is -2.18. The average molecular weight is 285 g/mol. The van der Waals surface area contributed by atoms with E-state index in [0.717, 1.165) is 27.5 Å². The minimum Gasteiger partial charge on any atom is -0.378 e. The van der Waals surface area contributed by atoms with Crippen molar-refractivity contribution in [1.82, 2.24) is 5.32 Å². The first-order valence-electron chi connectivity index (χ1n) is 7.39. The third-order valence-electron chi connectivity index (χ3n) is 4.05. The summed E-state index contributed by atoms with van der Waals surface area (Å²) < 4.78 is 0. The van der Waals surface area contributed by atoms with Crippen LogP contribution in [0.15, 0.2) is 72.4 Å². The van der Waals surface area contributed by atoms with E-state index in [4.69, 9.17) is 0 Å². The molecule has 0 fully saturated rings. The Balaban J connectivity index is 1.71. The van der Waals surface area contributed by atoms with Crippen molar-refractivity contribution < 1.29 is 4.79 Å². The standard InChI is InChI=1S/C20H15NO/c22-20-17-11-5-9-15-8-4-10-16(19(15)17)12-18(20)21-13-14-6-2-1-3-7-14/h1-12,21H,13H2. The van der Waals surface area contributed by atoms with Gasteiger partial charge in [-0.15, -0.1) is 0 Å². The molecule has 1 aliphatic rings. The molecular formula is C20H15NO. The van der Waals surface area contributed by atoms with Crippen molar-refractivity contribution in [3.05, 3.63) is 89.1 Å². The van der Waals surface area contributed by atoms with Gasteiger partial charge < -0.3 is 5.32 Å². The lowest BCUT2D eigenvalue weighted by molar-refractivity contribution is 0.102. The van der Waals surface area contributed by atoms with Crippen molar-refractivity contribution in [3.8, 4) is 0 Å². The Bertz CT molecular complexity index is 889. The molecule has 4 rings (SSSR count). The van der Waals surface area contributed by atoms with Crippen LogP contribution in [0.1, 0.15) is 21.5 Å². The van der Waals surface area contributed by atoms with Crippen molar-refractivity contribution in [2.24, 2.45) is 0 Å². The maximum atomic E-state index is 12.7. The third-order valence-corrected chi connectivity index (χ3v) is 4.05. The van der Waals surface area contributed by atoms with Crippen LogP contribution in [-0.4, -0.2) is 5.78 Å². The Hall–Kier alpha value is -2.87. The van der Waals surface area contributed by atoms with E-state index in [1.165, 1.54) is 0 Å². The summed E-state index contributed by atoms with van der Waals surface area (Å²) in [5.41, 5.74) is 3.71. The van der Waals surface area contributed by atoms with Gasteiger partial charge in [-0.3, -0.25) is 4.79 Å². The van der Waals surface area contributed by atoms with E-state index in [9.17, 15) is 4.79 Å². The highest BCUT2D eigenvalue weighted by Crippen LogP contribution is 2.30. The first-order valence-corrected chi connectivity index (χ1v) is 7.39. The third kappa shape index (κ3) is 2.09. The number of Topliss-reactive ketones (excluding diaryl/α,β-unsaturated/α-hetero) is 1. The van der Waals surface area contributed by atoms with Crippen LogP contribution in [0.4, 0.5) is 0 Å². The minimum atomic E-state index is 0.0697. The molecule has 0 amide bonds. The number of ketones is 1. The molecule has 0 aromatic heterocycles. The first-order chi connectivity index (χ1) is 10.8. The highest BCUT2D eigenvalue weighted by molar-refractivity contribution is 6.22. The largest absolute Gasteiger partial charge is 0.378 e. The van der Waals surface area contributed by atoms with Crippen molar-refractivity contribution in [2.75, 3.05) is 0 Å². The summed E-state index contributed by atoms with van der Waals surface area (Å²) in [5.74, 6) is 0.0697. The number of carbonyl (C=O) groups is 1. The van der Waals surface area contributed by atoms with Crippen molar-refractivity contribution >= 4 is 22.6 Å². The molecule has 0 aliphatic heterocycles. The van der Waals surface area contributed by atoms with E-state index in [2.05, 4.69) is 23.5 Å². The van der Waals surface area contributed by atoms with Gasteiger partial charge in [0.15, 0.2) is 0 Å². The lowest BCUT2D eigenvalue weighted by atomic mass is 9.90. The summed E-state index contributed by atoms with van der Waals surface area (Å²) in [6.07, 6.45) is 1.96. The molecule has 1 aliphatic carbocycles. The molecular weight excluding hydrogens is 270 g/mol. The van der Waals surface area contributed by atoms with Gasteiger partial charge in [-0.1, -0.05) is 66.7 Å². The van der Waals surface area contributed by atoms with Gasteiger partial charge in [-0.05, 0) is 22.6 Å². The predicted octanol–water partition coefficient (Wildman–Crippen LogP) is 4.17. The number of carbonyl (C=O) groups excluding carboxylic acids is 1. The van der Waals surface area contributed by atoms with E-state index in [1.54, 1.807) is 0 Å². The molecule has 1 N–H and O–H groups in total. The Morgan fingerprint density at radius 2 is 1.59 bits per heavy atom. The first kappa shape index (κ1) is 12.8. The molecule has 2 heteroatoms. The second kappa shape index (κ2) is 5.15. The molecule has 3 aromatic carbocycles. The summed E-state index contributed by atoms with van der Waals surface area (Å²) in [6.45, 7) is 0.649. The molecule has 3 aromatic rings. The molecule has 106 valence electrons. The highest BCUT2D eigenvalue weighted by atomic mass is 16.1. The zero-order valence-corrected chi connectivity index (χ0v) is 12.0. The molecule has 0 saturated carbocycles. The van der Waals surface area contributed by atoms with Crippen LogP contribution < -0.4 is 5.32 Å². The van der Waals surface area contributed by atoms with E-state index in [-0.39, 0.29) is 5.78 Å². The van der Waals surface area contributed by atoms with Crippen LogP contribution >= 0.6 is 0 Å². The van der Waals surface area contributed by atoms with Crippen LogP contribution in [0.2, 0.25) is 0 Å². The molecule has 0 heterocycles. The fourth-order valence-electron chi connectivity index (χ4n) is 2.97. The normalized spacial score (nSPS) is 13.1. The zero-order valence-electron chi connectivity index (χ0n) is 12.0. The van der Waals surface area contributed by atoms with Gasteiger partial charge in [0.1, 0.15) is 0 Å². The summed E-state index contributed by atoms with van der Waals surface area (Å²) in [4.78, 5) is 12.7. The second-order valence-corrected chi connectivity index (χ2v) is 5.48. The van der Waals surface area contributed by atoms with Gasteiger partial charge >= 0.3 is 0 Å². The molecule has 0 atom stereocenters. The SMILES string of the molecule is O=C1C(NCc2ccccc2)=Cc2cccc3cccc1c23. The topological polar surface area (TPSA) is 29.1 Å². The molecule has 0 radical (unpaired) electrons. The summed E-state index contributed by atoms with van der Waals surface area (Å²) in [5, 5.41) is 5.45. The van der Waals surface area contributed by atoms with E-state index in [0.29, 0.717) is 12.2 Å². The quantitative estimate of drug-likeness (QED) is 0.782. The van der Waals surface area contributed by atoms with Gasteiger partial charge in [0.25, 0.3) is 0 Å². The Morgan fingerprint density at radius 1 is 0.818 bits per heavy atom. The Labute approximate surface area is 129 Å². The van der Waals surface area contributed by atoms with Gasteiger partial charge in [0, 0.05) is 17.5 Å². The van der Waals surface area contributed by atoms with Gasteiger partial charge in [0.05, 0.1) is 5.70 Å². The maximum Gasteiger partial charge on any atom is 0.209 e. The number of hydrogen-bond donors (Lipinski definition) is 1. The van der Waals surface area contributed by atoms with Gasteiger partial charge in [-0.2, -0.15) is 0 Å². The van der Waals surface area contributed by atoms with E-state index in [1.807, 2.05) is 54.6 Å². The highest BCUT2D eigenvalue weighted by Gasteiger charge is 2.21. The predicted molar refractivity (Wildman–Crippen MR) is 89.5 cm³/mol. The molecule has 2 nitrogen and oxygen atoms in total. The smallest absolute Gasteiger partial charge is 0.209 e. The number of benzene rings is 3. The van der Waals surface area contributed by atoms with Crippen LogP contribution in [0.5, 0.6) is 0 Å². The molecule has 0 saturated heterocycles. The van der Waals surface area contributed by atoms with Crippen molar-refractivity contribution in [1.29, 1.82) is 0 Å². The van der Waals surface area contributed by atoms with Crippen LogP contribution in [0.3, 0.4) is 0 Å². The molecule has 0 bridgehead atoms. The minimum absolute atomic E-state index is 0.0697. The molecule has 22 heavy (non-hydrogen) atoms. The fraction of sp³-hybridized carbons (Fsp3) is 0.0500. The summed E-state index contributed by atoms with van der Waals surface area (Å²) >= 11 is 0. The molecule has 0 spiro atoms. The number of hydrogen-bond acceptors (Lipinski definition) is 2.